The van der Waals surface area contributed by atoms with Crippen molar-refractivity contribution in [3.05, 3.63) is 71.3 Å². The minimum atomic E-state index is -0.286. The number of likely N-dealkylation sites (N-methyl/N-ethyl adjacent to an activating group) is 2. The van der Waals surface area contributed by atoms with Gasteiger partial charge in [0.2, 0.25) is 0 Å². The van der Waals surface area contributed by atoms with Gasteiger partial charge < -0.3 is 14.5 Å². The lowest BCUT2D eigenvalue weighted by Gasteiger charge is -2.19. The lowest BCUT2D eigenvalue weighted by atomic mass is 10.1. The molecule has 2 aromatic rings. The third kappa shape index (κ3) is 6.14. The van der Waals surface area contributed by atoms with Gasteiger partial charge in [0.1, 0.15) is 6.61 Å². The van der Waals surface area contributed by atoms with Gasteiger partial charge in [-0.15, -0.1) is 0 Å². The van der Waals surface area contributed by atoms with Crippen LogP contribution in [0.15, 0.2) is 54.6 Å². The minimum absolute atomic E-state index is 0.286. The van der Waals surface area contributed by atoms with Gasteiger partial charge >= 0.3 is 5.97 Å². The van der Waals surface area contributed by atoms with E-state index in [0.29, 0.717) is 12.2 Å². The predicted molar refractivity (Wildman–Crippen MR) is 96.9 cm³/mol. The summed E-state index contributed by atoms with van der Waals surface area (Å²) < 4.78 is 5.35. The normalized spacial score (nSPS) is 11.0. The monoisotopic (exact) mass is 326 g/mol. The second-order valence-electron chi connectivity index (χ2n) is 6.30. The van der Waals surface area contributed by atoms with Crippen molar-refractivity contribution in [3.8, 4) is 0 Å². The molecule has 0 atom stereocenters. The maximum atomic E-state index is 12.1. The van der Waals surface area contributed by atoms with E-state index >= 15 is 0 Å². The Kier molecular flexibility index (Phi) is 6.97. The van der Waals surface area contributed by atoms with E-state index in [2.05, 4.69) is 30.9 Å². The summed E-state index contributed by atoms with van der Waals surface area (Å²) in [7, 11) is 6.25. The third-order valence-corrected chi connectivity index (χ3v) is 3.78. The Morgan fingerprint density at radius 2 is 1.54 bits per heavy atom. The van der Waals surface area contributed by atoms with E-state index in [1.54, 1.807) is 0 Å². The molecule has 0 spiro atoms. The molecule has 0 aliphatic carbocycles. The van der Waals surface area contributed by atoms with Gasteiger partial charge in [0.15, 0.2) is 0 Å². The quantitative estimate of drug-likeness (QED) is 0.698. The minimum Gasteiger partial charge on any atom is -0.457 e. The molecule has 4 nitrogen and oxygen atoms in total. The van der Waals surface area contributed by atoms with Crippen molar-refractivity contribution in [2.75, 3.05) is 34.2 Å². The van der Waals surface area contributed by atoms with E-state index < -0.39 is 0 Å². The lowest BCUT2D eigenvalue weighted by Crippen LogP contribution is -2.28. The Hall–Kier alpha value is -2.17. The fraction of sp³-hybridized carbons (Fsp3) is 0.350. The molecule has 128 valence electrons. The summed E-state index contributed by atoms with van der Waals surface area (Å²) >= 11 is 0. The molecule has 0 bridgehead atoms. The predicted octanol–water partition coefficient (Wildman–Crippen LogP) is 3.04. The van der Waals surface area contributed by atoms with E-state index in [0.717, 1.165) is 25.2 Å². The van der Waals surface area contributed by atoms with Crippen molar-refractivity contribution >= 4 is 5.97 Å². The Balaban J connectivity index is 1.83. The molecule has 0 fully saturated rings. The molecule has 0 N–H and O–H groups in total. The number of benzene rings is 2. The van der Waals surface area contributed by atoms with Crippen LogP contribution in [0.2, 0.25) is 0 Å². The highest BCUT2D eigenvalue weighted by atomic mass is 16.5. The van der Waals surface area contributed by atoms with Crippen LogP contribution in [0.3, 0.4) is 0 Å². The number of carbonyl (C=O) groups is 1. The van der Waals surface area contributed by atoms with Gasteiger partial charge in [0, 0.05) is 19.6 Å². The molecule has 0 aromatic heterocycles. The zero-order chi connectivity index (χ0) is 17.4. The molecule has 0 unspecified atom stereocenters. The molecule has 0 radical (unpaired) electrons. The van der Waals surface area contributed by atoms with E-state index in [4.69, 9.17) is 4.74 Å². The van der Waals surface area contributed by atoms with Gasteiger partial charge in [0.05, 0.1) is 5.56 Å². The zero-order valence-electron chi connectivity index (χ0n) is 14.7. The number of carbonyl (C=O) groups excluding carboxylic acids is 1. The van der Waals surface area contributed by atoms with E-state index in [1.807, 2.05) is 54.6 Å². The summed E-state index contributed by atoms with van der Waals surface area (Å²) in [5.41, 5.74) is 2.77. The van der Waals surface area contributed by atoms with Gasteiger partial charge in [-0.2, -0.15) is 0 Å². The number of esters is 1. The molecule has 24 heavy (non-hydrogen) atoms. The summed E-state index contributed by atoms with van der Waals surface area (Å²) in [6, 6.07) is 17.4. The van der Waals surface area contributed by atoms with Crippen LogP contribution in [0.1, 0.15) is 21.5 Å². The highest BCUT2D eigenvalue weighted by molar-refractivity contribution is 5.89. The van der Waals surface area contributed by atoms with Gasteiger partial charge in [0.25, 0.3) is 0 Å². The number of nitrogens with zero attached hydrogens (tertiary/aromatic N) is 2. The van der Waals surface area contributed by atoms with E-state index in [-0.39, 0.29) is 5.97 Å². The standard InChI is InChI=1S/C20H26N2O2/c1-21(2)13-14-22(3)15-17-9-11-19(12-10-17)20(23)24-16-18-7-5-4-6-8-18/h4-12H,13-16H2,1-3H3. The van der Waals surface area contributed by atoms with Gasteiger partial charge in [-0.1, -0.05) is 42.5 Å². The molecule has 0 saturated carbocycles. The molecule has 2 aromatic carbocycles. The van der Waals surface area contributed by atoms with Crippen molar-refractivity contribution in [1.29, 1.82) is 0 Å². The second kappa shape index (κ2) is 9.21. The molecule has 0 heterocycles. The highest BCUT2D eigenvalue weighted by Crippen LogP contribution is 2.10. The topological polar surface area (TPSA) is 32.8 Å². The molecule has 4 heteroatoms. The van der Waals surface area contributed by atoms with Crippen molar-refractivity contribution in [2.24, 2.45) is 0 Å². The van der Waals surface area contributed by atoms with Crippen molar-refractivity contribution in [3.63, 3.8) is 0 Å². The summed E-state index contributed by atoms with van der Waals surface area (Å²) in [5, 5.41) is 0. The average molecular weight is 326 g/mol. The second-order valence-corrected chi connectivity index (χ2v) is 6.30. The molecule has 0 amide bonds. The Labute approximate surface area is 144 Å². The summed E-state index contributed by atoms with van der Waals surface area (Å²) in [4.78, 5) is 16.5. The molecule has 0 aliphatic rings. The van der Waals surface area contributed by atoms with Crippen LogP contribution in [0.4, 0.5) is 0 Å². The van der Waals surface area contributed by atoms with E-state index in [9.17, 15) is 4.79 Å². The fourth-order valence-corrected chi connectivity index (χ4v) is 2.31. The SMILES string of the molecule is CN(C)CCN(C)Cc1ccc(C(=O)OCc2ccccc2)cc1. The smallest absolute Gasteiger partial charge is 0.338 e. The van der Waals surface area contributed by atoms with Crippen LogP contribution in [0.25, 0.3) is 0 Å². The number of ether oxygens (including phenoxy) is 1. The first-order chi connectivity index (χ1) is 11.5. The largest absolute Gasteiger partial charge is 0.457 e. The van der Waals surface area contributed by atoms with Crippen molar-refractivity contribution < 1.29 is 9.53 Å². The van der Waals surface area contributed by atoms with Crippen LogP contribution in [0.5, 0.6) is 0 Å². The van der Waals surface area contributed by atoms with Gasteiger partial charge in [-0.25, -0.2) is 4.79 Å². The Morgan fingerprint density at radius 1 is 0.875 bits per heavy atom. The first-order valence-corrected chi connectivity index (χ1v) is 8.18. The van der Waals surface area contributed by atoms with Crippen LogP contribution in [0, 0.1) is 0 Å². The Morgan fingerprint density at radius 3 is 2.17 bits per heavy atom. The number of rotatable bonds is 8. The average Bonchev–Trinajstić information content (AvgIpc) is 2.59. The fourth-order valence-electron chi connectivity index (χ4n) is 2.31. The van der Waals surface area contributed by atoms with Crippen LogP contribution >= 0.6 is 0 Å². The van der Waals surface area contributed by atoms with Crippen LogP contribution < -0.4 is 0 Å². The molecular weight excluding hydrogens is 300 g/mol. The maximum absolute atomic E-state index is 12.1. The highest BCUT2D eigenvalue weighted by Gasteiger charge is 2.08. The summed E-state index contributed by atoms with van der Waals surface area (Å²) in [6.45, 7) is 3.20. The third-order valence-electron chi connectivity index (χ3n) is 3.78. The molecule has 2 rings (SSSR count). The zero-order valence-corrected chi connectivity index (χ0v) is 14.7. The van der Waals surface area contributed by atoms with Crippen LogP contribution in [-0.2, 0) is 17.9 Å². The van der Waals surface area contributed by atoms with E-state index in [1.165, 1.54) is 5.56 Å². The molecule has 0 saturated heterocycles. The maximum Gasteiger partial charge on any atom is 0.338 e. The molecular formula is C20H26N2O2. The first-order valence-electron chi connectivity index (χ1n) is 8.18. The van der Waals surface area contributed by atoms with Crippen molar-refractivity contribution in [2.45, 2.75) is 13.2 Å². The van der Waals surface area contributed by atoms with Gasteiger partial charge in [-0.05, 0) is 44.4 Å². The lowest BCUT2D eigenvalue weighted by molar-refractivity contribution is 0.0472. The summed E-state index contributed by atoms with van der Waals surface area (Å²) in [5.74, 6) is -0.286. The van der Waals surface area contributed by atoms with Crippen LogP contribution in [-0.4, -0.2) is 50.0 Å². The van der Waals surface area contributed by atoms with Gasteiger partial charge in [-0.3, -0.25) is 0 Å². The van der Waals surface area contributed by atoms with Crippen molar-refractivity contribution in [1.82, 2.24) is 9.80 Å². The number of hydrogen-bond donors (Lipinski definition) is 0. The number of hydrogen-bond acceptors (Lipinski definition) is 4. The Bertz CT molecular complexity index is 624. The summed E-state index contributed by atoms with van der Waals surface area (Å²) in [6.07, 6.45) is 0. The first kappa shape index (κ1) is 18.2. The molecule has 0 aliphatic heterocycles.